The molecule has 6 heteroatoms. The molecule has 2 aromatic carbocycles. The van der Waals surface area contributed by atoms with Gasteiger partial charge in [-0.1, -0.05) is 42.5 Å². The number of nitrogens with zero attached hydrogens (tertiary/aromatic N) is 2. The van der Waals surface area contributed by atoms with Crippen molar-refractivity contribution in [3.8, 4) is 0 Å². The molecule has 0 unspecified atom stereocenters. The topological polar surface area (TPSA) is 47.6 Å². The number of hydrogen-bond acceptors (Lipinski definition) is 2. The number of nitrogens with one attached hydrogen (secondary N) is 2. The molecule has 1 heterocycles. The molecule has 24 heavy (non-hydrogen) atoms. The Morgan fingerprint density at radius 1 is 1.17 bits per heavy atom. The van der Waals surface area contributed by atoms with E-state index >= 15 is 0 Å². The Bertz CT molecular complexity index is 771. The summed E-state index contributed by atoms with van der Waals surface area (Å²) < 4.78 is 0. The second-order valence-corrected chi connectivity index (χ2v) is 5.92. The lowest BCUT2D eigenvalue weighted by Gasteiger charge is -2.30. The van der Waals surface area contributed by atoms with Crippen molar-refractivity contribution in [2.45, 2.75) is 6.42 Å². The lowest BCUT2D eigenvalue weighted by molar-refractivity contribution is 0.136. The highest BCUT2D eigenvalue weighted by Crippen LogP contribution is 2.24. The van der Waals surface area contributed by atoms with Crippen LogP contribution < -0.4 is 10.6 Å². The fourth-order valence-corrected chi connectivity index (χ4v) is 3.07. The smallest absolute Gasteiger partial charge is 0.340 e. The number of hydrazine groups is 1. The van der Waals surface area contributed by atoms with E-state index in [4.69, 9.17) is 12.2 Å². The van der Waals surface area contributed by atoms with Gasteiger partial charge < -0.3 is 10.6 Å². The Hall–Kier alpha value is -2.60. The summed E-state index contributed by atoms with van der Waals surface area (Å²) in [5.74, 6) is 0. The summed E-state index contributed by atoms with van der Waals surface area (Å²) in [6.07, 6.45) is 2.63. The van der Waals surface area contributed by atoms with E-state index in [0.29, 0.717) is 18.2 Å². The summed E-state index contributed by atoms with van der Waals surface area (Å²) in [6.45, 7) is 5.62. The number of rotatable bonds is 3. The fourth-order valence-electron chi connectivity index (χ4n) is 2.80. The summed E-state index contributed by atoms with van der Waals surface area (Å²) >= 11 is 5.36. The average Bonchev–Trinajstić information content (AvgIpc) is 3.10. The first kappa shape index (κ1) is 16.3. The molecule has 2 aromatic rings. The van der Waals surface area contributed by atoms with E-state index in [1.54, 1.807) is 16.1 Å². The molecule has 2 amide bonds. The normalized spacial score (nSPS) is 13.8. The van der Waals surface area contributed by atoms with Crippen molar-refractivity contribution in [2.75, 3.05) is 25.0 Å². The Labute approximate surface area is 146 Å². The van der Waals surface area contributed by atoms with Gasteiger partial charge in [0.2, 0.25) is 0 Å². The summed E-state index contributed by atoms with van der Waals surface area (Å²) in [7, 11) is 0. The van der Waals surface area contributed by atoms with Gasteiger partial charge in [0, 0.05) is 25.0 Å². The Morgan fingerprint density at radius 2 is 1.92 bits per heavy atom. The van der Waals surface area contributed by atoms with E-state index in [1.807, 2.05) is 42.5 Å². The zero-order valence-corrected chi connectivity index (χ0v) is 14.2. The van der Waals surface area contributed by atoms with Gasteiger partial charge in [0.1, 0.15) is 0 Å². The van der Waals surface area contributed by atoms with Crippen LogP contribution in [0.15, 0.2) is 55.1 Å². The van der Waals surface area contributed by atoms with E-state index in [9.17, 15) is 4.79 Å². The number of carbonyl (C=O) groups excluding carboxylic acids is 1. The molecule has 0 aliphatic carbocycles. The Kier molecular flexibility index (Phi) is 4.96. The second kappa shape index (κ2) is 7.31. The van der Waals surface area contributed by atoms with Gasteiger partial charge in [0.05, 0.1) is 5.69 Å². The summed E-state index contributed by atoms with van der Waals surface area (Å²) in [5, 5.41) is 12.2. The molecule has 0 aromatic heterocycles. The molecule has 0 saturated carbocycles. The Morgan fingerprint density at radius 3 is 2.75 bits per heavy atom. The van der Waals surface area contributed by atoms with Gasteiger partial charge in [0.25, 0.3) is 0 Å². The van der Waals surface area contributed by atoms with Crippen LogP contribution in [0.5, 0.6) is 0 Å². The van der Waals surface area contributed by atoms with Crippen LogP contribution in [-0.4, -0.2) is 40.8 Å². The van der Waals surface area contributed by atoms with Crippen LogP contribution in [0.4, 0.5) is 10.5 Å². The number of thiocarbonyl (C=S) groups is 1. The molecule has 5 nitrogen and oxygen atoms in total. The van der Waals surface area contributed by atoms with Crippen LogP contribution >= 0.6 is 12.2 Å². The first-order valence-electron chi connectivity index (χ1n) is 7.93. The molecule has 3 rings (SSSR count). The molecule has 1 aliphatic rings. The third kappa shape index (κ3) is 3.33. The second-order valence-electron chi connectivity index (χ2n) is 5.53. The number of carbonyl (C=O) groups is 1. The number of hydrogen-bond donors (Lipinski definition) is 2. The summed E-state index contributed by atoms with van der Waals surface area (Å²) in [4.78, 5) is 12.7. The first-order valence-corrected chi connectivity index (χ1v) is 8.34. The van der Waals surface area contributed by atoms with Gasteiger partial charge in [-0.25, -0.2) is 9.80 Å². The molecule has 1 saturated heterocycles. The van der Waals surface area contributed by atoms with Crippen molar-refractivity contribution < 1.29 is 4.79 Å². The summed E-state index contributed by atoms with van der Waals surface area (Å²) in [6, 6.07) is 13.7. The van der Waals surface area contributed by atoms with Crippen LogP contribution in [0.25, 0.3) is 10.8 Å². The number of fused-ring (bicyclic) bond motifs is 1. The highest BCUT2D eigenvalue weighted by molar-refractivity contribution is 7.80. The third-order valence-electron chi connectivity index (χ3n) is 3.93. The van der Waals surface area contributed by atoms with Gasteiger partial charge in [0.15, 0.2) is 5.11 Å². The lowest BCUT2D eigenvalue weighted by Crippen LogP contribution is -2.50. The van der Waals surface area contributed by atoms with Crippen molar-refractivity contribution >= 4 is 39.8 Å². The van der Waals surface area contributed by atoms with Crippen molar-refractivity contribution in [3.05, 3.63) is 55.1 Å². The maximum Gasteiger partial charge on any atom is 0.340 e. The average molecular weight is 340 g/mol. The van der Waals surface area contributed by atoms with Crippen molar-refractivity contribution in [1.29, 1.82) is 0 Å². The maximum absolute atomic E-state index is 12.7. The van der Waals surface area contributed by atoms with E-state index in [0.717, 1.165) is 29.4 Å². The minimum absolute atomic E-state index is 0.174. The highest BCUT2D eigenvalue weighted by Gasteiger charge is 2.28. The minimum Gasteiger partial charge on any atom is -0.358 e. The fraction of sp³-hybridized carbons (Fsp3) is 0.222. The van der Waals surface area contributed by atoms with Crippen LogP contribution in [0.2, 0.25) is 0 Å². The lowest BCUT2D eigenvalue weighted by atomic mass is 10.1. The molecule has 1 aliphatic heterocycles. The quantitative estimate of drug-likeness (QED) is 0.664. The zero-order chi connectivity index (χ0) is 16.9. The van der Waals surface area contributed by atoms with E-state index in [2.05, 4.69) is 17.2 Å². The molecule has 0 radical (unpaired) electrons. The third-order valence-corrected chi connectivity index (χ3v) is 4.28. The molecular weight excluding hydrogens is 320 g/mol. The van der Waals surface area contributed by atoms with Crippen molar-refractivity contribution in [2.24, 2.45) is 0 Å². The predicted octanol–water partition coefficient (Wildman–Crippen LogP) is 3.35. The predicted molar refractivity (Wildman–Crippen MR) is 102 cm³/mol. The van der Waals surface area contributed by atoms with Crippen LogP contribution in [0.3, 0.4) is 0 Å². The SMILES string of the molecule is C=CCNC(=S)N1CCCN1C(=O)Nc1cccc2ccccc12. The van der Waals surface area contributed by atoms with Gasteiger partial charge in [-0.3, -0.25) is 5.01 Å². The van der Waals surface area contributed by atoms with Crippen molar-refractivity contribution in [3.63, 3.8) is 0 Å². The molecule has 124 valence electrons. The molecular formula is C18H20N4OS. The van der Waals surface area contributed by atoms with Gasteiger partial charge in [-0.05, 0) is 30.1 Å². The standard InChI is InChI=1S/C18H20N4OS/c1-2-11-19-18(24)22-13-6-12-21(22)17(23)20-16-10-5-8-14-7-3-4-9-15(14)16/h2-5,7-10H,1,6,11-13H2,(H,19,24)(H,20,23). The monoisotopic (exact) mass is 340 g/mol. The number of amides is 2. The number of anilines is 1. The molecule has 0 spiro atoms. The van der Waals surface area contributed by atoms with Gasteiger partial charge in [-0.2, -0.15) is 0 Å². The van der Waals surface area contributed by atoms with Crippen LogP contribution in [0.1, 0.15) is 6.42 Å². The van der Waals surface area contributed by atoms with E-state index in [-0.39, 0.29) is 6.03 Å². The molecule has 0 atom stereocenters. The van der Waals surface area contributed by atoms with Crippen LogP contribution in [-0.2, 0) is 0 Å². The number of benzene rings is 2. The van der Waals surface area contributed by atoms with E-state index < -0.39 is 0 Å². The Balaban J connectivity index is 1.76. The van der Waals surface area contributed by atoms with Gasteiger partial charge in [-0.15, -0.1) is 6.58 Å². The van der Waals surface area contributed by atoms with Crippen molar-refractivity contribution in [1.82, 2.24) is 15.3 Å². The molecule has 1 fully saturated rings. The zero-order valence-electron chi connectivity index (χ0n) is 13.4. The largest absolute Gasteiger partial charge is 0.358 e. The summed E-state index contributed by atoms with van der Waals surface area (Å²) in [5.41, 5.74) is 0.801. The van der Waals surface area contributed by atoms with E-state index in [1.165, 1.54) is 0 Å². The molecule has 2 N–H and O–H groups in total. The maximum atomic E-state index is 12.7. The highest BCUT2D eigenvalue weighted by atomic mass is 32.1. The van der Waals surface area contributed by atoms with Crippen LogP contribution in [0, 0.1) is 0 Å². The minimum atomic E-state index is -0.174. The molecule has 0 bridgehead atoms. The number of urea groups is 1. The van der Waals surface area contributed by atoms with Gasteiger partial charge >= 0.3 is 6.03 Å². The first-order chi connectivity index (χ1) is 11.7.